The van der Waals surface area contributed by atoms with Gasteiger partial charge in [0.15, 0.2) is 0 Å². The first-order valence-electron chi connectivity index (χ1n) is 6.86. The number of aliphatic carboxylic acids is 2. The van der Waals surface area contributed by atoms with Gasteiger partial charge in [0.2, 0.25) is 5.91 Å². The van der Waals surface area contributed by atoms with Gasteiger partial charge in [-0.3, -0.25) is 14.4 Å². The Morgan fingerprint density at radius 2 is 1.70 bits per heavy atom. The molecule has 1 aliphatic carbocycles. The highest BCUT2D eigenvalue weighted by atomic mass is 16.4. The topological polar surface area (TPSA) is 130 Å². The number of carboxylic acids is 2. The Morgan fingerprint density at radius 3 is 2.20 bits per heavy atom. The molecule has 0 spiro atoms. The van der Waals surface area contributed by atoms with Gasteiger partial charge >= 0.3 is 11.9 Å². The summed E-state index contributed by atoms with van der Waals surface area (Å²) in [6.07, 6.45) is 3.76. The molecule has 0 bridgehead atoms. The SMILES string of the molecule is NC(CCC(=O)O)C(=O)NC1(CC(=O)O)CCCCC1. The molecule has 1 aliphatic rings. The van der Waals surface area contributed by atoms with E-state index in [1.54, 1.807) is 0 Å². The minimum atomic E-state index is -1.01. The molecule has 7 heteroatoms. The number of hydrogen-bond donors (Lipinski definition) is 4. The van der Waals surface area contributed by atoms with Gasteiger partial charge in [0.25, 0.3) is 0 Å². The summed E-state index contributed by atoms with van der Waals surface area (Å²) < 4.78 is 0. The molecule has 0 saturated heterocycles. The van der Waals surface area contributed by atoms with Crippen molar-refractivity contribution in [2.75, 3.05) is 0 Å². The predicted octanol–water partition coefficient (Wildman–Crippen LogP) is 0.472. The standard InChI is InChI=1S/C13H22N2O5/c14-9(4-5-10(16)17)12(20)15-13(8-11(18)19)6-2-1-3-7-13/h9H,1-8,14H2,(H,15,20)(H,16,17)(H,18,19). The molecule has 0 aromatic heterocycles. The van der Waals surface area contributed by atoms with E-state index >= 15 is 0 Å². The lowest BCUT2D eigenvalue weighted by molar-refractivity contribution is -0.139. The normalized spacial score (nSPS) is 19.1. The van der Waals surface area contributed by atoms with Crippen LogP contribution in [0.2, 0.25) is 0 Å². The fourth-order valence-electron chi connectivity index (χ4n) is 2.63. The quantitative estimate of drug-likeness (QED) is 0.538. The van der Waals surface area contributed by atoms with Gasteiger partial charge in [-0.2, -0.15) is 0 Å². The molecule has 1 fully saturated rings. The number of carboxylic acid groups (broad SMARTS) is 2. The molecule has 1 atom stereocenters. The Kier molecular flexibility index (Phi) is 5.94. The Labute approximate surface area is 117 Å². The van der Waals surface area contributed by atoms with Gasteiger partial charge in [-0.05, 0) is 19.3 Å². The van der Waals surface area contributed by atoms with E-state index in [1.165, 1.54) is 0 Å². The highest BCUT2D eigenvalue weighted by Crippen LogP contribution is 2.31. The zero-order chi connectivity index (χ0) is 15.2. The molecule has 1 rings (SSSR count). The summed E-state index contributed by atoms with van der Waals surface area (Å²) in [5.41, 5.74) is 4.92. The van der Waals surface area contributed by atoms with E-state index in [0.717, 1.165) is 19.3 Å². The summed E-state index contributed by atoms with van der Waals surface area (Å²) in [6, 6.07) is -0.918. The second-order valence-electron chi connectivity index (χ2n) is 5.44. The van der Waals surface area contributed by atoms with Crippen LogP contribution >= 0.6 is 0 Å². The second-order valence-corrected chi connectivity index (χ2v) is 5.44. The van der Waals surface area contributed by atoms with Crippen LogP contribution in [0, 0.1) is 0 Å². The smallest absolute Gasteiger partial charge is 0.305 e. The number of nitrogens with two attached hydrogens (primary N) is 1. The summed E-state index contributed by atoms with van der Waals surface area (Å²) in [7, 11) is 0. The molecule has 20 heavy (non-hydrogen) atoms. The van der Waals surface area contributed by atoms with Gasteiger partial charge in [-0.25, -0.2) is 0 Å². The van der Waals surface area contributed by atoms with Gasteiger partial charge in [-0.15, -0.1) is 0 Å². The van der Waals surface area contributed by atoms with Crippen molar-refractivity contribution >= 4 is 17.8 Å². The third-order valence-electron chi connectivity index (χ3n) is 3.69. The van der Waals surface area contributed by atoms with E-state index in [9.17, 15) is 14.4 Å². The van der Waals surface area contributed by atoms with Gasteiger partial charge in [0, 0.05) is 6.42 Å². The number of carbonyl (C=O) groups excluding carboxylic acids is 1. The maximum absolute atomic E-state index is 12.0. The maximum atomic E-state index is 12.0. The zero-order valence-electron chi connectivity index (χ0n) is 11.4. The minimum absolute atomic E-state index is 0.0460. The third kappa shape index (κ3) is 5.16. The van der Waals surface area contributed by atoms with Crippen LogP contribution in [0.4, 0.5) is 0 Å². The van der Waals surface area contributed by atoms with E-state index in [0.29, 0.717) is 12.8 Å². The first kappa shape index (κ1) is 16.4. The highest BCUT2D eigenvalue weighted by molar-refractivity contribution is 5.83. The zero-order valence-corrected chi connectivity index (χ0v) is 11.4. The molecule has 0 aromatic carbocycles. The van der Waals surface area contributed by atoms with Crippen molar-refractivity contribution in [2.45, 2.75) is 62.9 Å². The molecular weight excluding hydrogens is 264 g/mol. The lowest BCUT2D eigenvalue weighted by atomic mass is 9.79. The van der Waals surface area contributed by atoms with Crippen molar-refractivity contribution in [3.05, 3.63) is 0 Å². The lowest BCUT2D eigenvalue weighted by Crippen LogP contribution is -2.55. The molecule has 0 radical (unpaired) electrons. The van der Waals surface area contributed by atoms with Crippen molar-refractivity contribution in [1.82, 2.24) is 5.32 Å². The van der Waals surface area contributed by atoms with Crippen LogP contribution in [-0.4, -0.2) is 39.6 Å². The number of nitrogens with one attached hydrogen (secondary N) is 1. The highest BCUT2D eigenvalue weighted by Gasteiger charge is 2.36. The number of carbonyl (C=O) groups is 3. The van der Waals surface area contributed by atoms with Crippen molar-refractivity contribution in [3.63, 3.8) is 0 Å². The Hall–Kier alpha value is -1.63. The van der Waals surface area contributed by atoms with Gasteiger partial charge in [-0.1, -0.05) is 19.3 Å². The number of amides is 1. The van der Waals surface area contributed by atoms with E-state index in [2.05, 4.69) is 5.32 Å². The van der Waals surface area contributed by atoms with Gasteiger partial charge in [0.05, 0.1) is 18.0 Å². The minimum Gasteiger partial charge on any atom is -0.481 e. The summed E-state index contributed by atoms with van der Waals surface area (Å²) in [6.45, 7) is 0. The first-order valence-corrected chi connectivity index (χ1v) is 6.86. The van der Waals surface area contributed by atoms with Crippen LogP contribution < -0.4 is 11.1 Å². The largest absolute Gasteiger partial charge is 0.481 e. The molecule has 5 N–H and O–H groups in total. The fraction of sp³-hybridized carbons (Fsp3) is 0.769. The van der Waals surface area contributed by atoms with Crippen molar-refractivity contribution in [1.29, 1.82) is 0 Å². The van der Waals surface area contributed by atoms with Gasteiger partial charge in [0.1, 0.15) is 0 Å². The van der Waals surface area contributed by atoms with E-state index < -0.39 is 29.4 Å². The molecule has 0 aliphatic heterocycles. The van der Waals surface area contributed by atoms with Crippen molar-refractivity contribution < 1.29 is 24.6 Å². The molecular formula is C13H22N2O5. The summed E-state index contributed by atoms with van der Waals surface area (Å²) >= 11 is 0. The Balaban J connectivity index is 2.61. The molecule has 7 nitrogen and oxygen atoms in total. The Bertz CT molecular complexity index is 377. The molecule has 114 valence electrons. The number of rotatable bonds is 7. The molecule has 1 saturated carbocycles. The lowest BCUT2D eigenvalue weighted by Gasteiger charge is -2.37. The fourth-order valence-corrected chi connectivity index (χ4v) is 2.63. The molecule has 1 amide bonds. The van der Waals surface area contributed by atoms with E-state index in [4.69, 9.17) is 15.9 Å². The van der Waals surface area contributed by atoms with Crippen LogP contribution in [0.5, 0.6) is 0 Å². The van der Waals surface area contributed by atoms with Crippen molar-refractivity contribution in [3.8, 4) is 0 Å². The molecule has 0 aromatic rings. The van der Waals surface area contributed by atoms with Crippen LogP contribution in [0.3, 0.4) is 0 Å². The van der Waals surface area contributed by atoms with Crippen LogP contribution in [0.15, 0.2) is 0 Å². The molecule has 1 unspecified atom stereocenters. The average Bonchev–Trinajstić information content (AvgIpc) is 2.35. The van der Waals surface area contributed by atoms with Crippen LogP contribution in [-0.2, 0) is 14.4 Å². The predicted molar refractivity (Wildman–Crippen MR) is 71.1 cm³/mol. The number of hydrogen-bond acceptors (Lipinski definition) is 4. The summed E-state index contributed by atoms with van der Waals surface area (Å²) in [4.78, 5) is 33.4. The Morgan fingerprint density at radius 1 is 1.10 bits per heavy atom. The first-order chi connectivity index (χ1) is 9.34. The molecule has 0 heterocycles. The second kappa shape index (κ2) is 7.23. The van der Waals surface area contributed by atoms with Gasteiger partial charge < -0.3 is 21.3 Å². The average molecular weight is 286 g/mol. The van der Waals surface area contributed by atoms with Crippen molar-refractivity contribution in [2.24, 2.45) is 5.73 Å². The van der Waals surface area contributed by atoms with Crippen LogP contribution in [0.25, 0.3) is 0 Å². The van der Waals surface area contributed by atoms with E-state index in [-0.39, 0.29) is 19.3 Å². The maximum Gasteiger partial charge on any atom is 0.305 e. The summed E-state index contributed by atoms with van der Waals surface area (Å²) in [5, 5.41) is 20.3. The van der Waals surface area contributed by atoms with Crippen LogP contribution in [0.1, 0.15) is 51.4 Å². The van der Waals surface area contributed by atoms with E-state index in [1.807, 2.05) is 0 Å². The summed E-state index contributed by atoms with van der Waals surface area (Å²) in [5.74, 6) is -2.42. The third-order valence-corrected chi connectivity index (χ3v) is 3.69. The monoisotopic (exact) mass is 286 g/mol.